The second-order valence-electron chi connectivity index (χ2n) is 6.29. The highest BCUT2D eigenvalue weighted by Crippen LogP contribution is 2.18. The number of hydrogen-bond acceptors (Lipinski definition) is 4. The molecule has 0 radical (unpaired) electrons. The summed E-state index contributed by atoms with van der Waals surface area (Å²) < 4.78 is 11.0. The first kappa shape index (κ1) is 17.6. The number of furan rings is 1. The van der Waals surface area contributed by atoms with Crippen LogP contribution >= 0.6 is 0 Å². The molecular formula is C17H26N2O4. The smallest absolute Gasteiger partial charge is 0.315 e. The van der Waals surface area contributed by atoms with Crippen molar-refractivity contribution in [3.63, 3.8) is 0 Å². The maximum Gasteiger partial charge on any atom is 0.315 e. The number of hydrogen-bond donors (Lipinski definition) is 3. The van der Waals surface area contributed by atoms with Gasteiger partial charge >= 0.3 is 6.03 Å². The van der Waals surface area contributed by atoms with Gasteiger partial charge in [0.15, 0.2) is 0 Å². The molecule has 1 unspecified atom stereocenters. The monoisotopic (exact) mass is 322 g/mol. The lowest BCUT2D eigenvalue weighted by Crippen LogP contribution is -2.43. The van der Waals surface area contributed by atoms with Crippen LogP contribution in [0.4, 0.5) is 4.79 Å². The quantitative estimate of drug-likeness (QED) is 0.641. The van der Waals surface area contributed by atoms with E-state index in [1.165, 1.54) is 0 Å². The minimum absolute atomic E-state index is 0.0546. The highest BCUT2D eigenvalue weighted by molar-refractivity contribution is 5.75. The summed E-state index contributed by atoms with van der Waals surface area (Å²) in [4.78, 5) is 12.2. The molecule has 0 saturated heterocycles. The summed E-state index contributed by atoms with van der Waals surface area (Å²) in [6.07, 6.45) is 6.15. The van der Waals surface area contributed by atoms with E-state index in [4.69, 9.17) is 14.3 Å². The summed E-state index contributed by atoms with van der Waals surface area (Å²) in [7, 11) is 0. The molecule has 2 amide bonds. The summed E-state index contributed by atoms with van der Waals surface area (Å²) in [5, 5.41) is 14.9. The Bertz CT molecular complexity index is 499. The lowest BCUT2D eigenvalue weighted by molar-refractivity contribution is 0.0867. The van der Waals surface area contributed by atoms with Gasteiger partial charge in [-0.1, -0.05) is 26.0 Å². The summed E-state index contributed by atoms with van der Waals surface area (Å²) in [6, 6.07) is 2.95. The molecular weight excluding hydrogens is 296 g/mol. The third-order valence-corrected chi connectivity index (χ3v) is 3.65. The fourth-order valence-corrected chi connectivity index (χ4v) is 2.49. The van der Waals surface area contributed by atoms with Gasteiger partial charge in [-0.25, -0.2) is 4.79 Å². The van der Waals surface area contributed by atoms with Crippen LogP contribution in [-0.2, 0) is 4.74 Å². The highest BCUT2D eigenvalue weighted by atomic mass is 16.5. The predicted octanol–water partition coefficient (Wildman–Crippen LogP) is 2.23. The van der Waals surface area contributed by atoms with Crippen molar-refractivity contribution in [2.24, 2.45) is 11.8 Å². The molecule has 3 N–H and O–H groups in total. The molecule has 1 aliphatic rings. The molecule has 1 heterocycles. The molecule has 2 rings (SSSR count). The molecule has 0 spiro atoms. The molecule has 0 aliphatic heterocycles. The molecule has 23 heavy (non-hydrogen) atoms. The topological polar surface area (TPSA) is 83.7 Å². The Morgan fingerprint density at radius 3 is 2.87 bits per heavy atom. The maximum atomic E-state index is 12.2. The molecule has 1 aliphatic carbocycles. The fraction of sp³-hybridized carbons (Fsp3) is 0.588. The second-order valence-corrected chi connectivity index (χ2v) is 6.29. The summed E-state index contributed by atoms with van der Waals surface area (Å²) in [5.74, 6) is 1.22. The zero-order valence-electron chi connectivity index (χ0n) is 13.7. The molecule has 0 aromatic carbocycles. The van der Waals surface area contributed by atoms with Gasteiger partial charge in [0, 0.05) is 25.2 Å². The summed E-state index contributed by atoms with van der Waals surface area (Å²) in [5.41, 5.74) is 0. The Kier molecular flexibility index (Phi) is 6.67. The van der Waals surface area contributed by atoms with Crippen LogP contribution in [0, 0.1) is 11.8 Å². The summed E-state index contributed by atoms with van der Waals surface area (Å²) in [6.45, 7) is 5.25. The van der Waals surface area contributed by atoms with Crippen LogP contribution in [0.5, 0.6) is 0 Å². The van der Waals surface area contributed by atoms with Crippen LogP contribution in [0.2, 0.25) is 0 Å². The number of carbonyl (C=O) groups is 1. The summed E-state index contributed by atoms with van der Waals surface area (Å²) >= 11 is 0. The van der Waals surface area contributed by atoms with Crippen molar-refractivity contribution in [2.75, 3.05) is 19.8 Å². The first-order valence-corrected chi connectivity index (χ1v) is 8.05. The fourth-order valence-electron chi connectivity index (χ4n) is 2.49. The minimum Gasteiger partial charge on any atom is -0.467 e. The SMILES string of the molecule is CC(C)COCC(NC(=O)N[C@@H]1C=C[C@H](CO)C1)c1ccco1. The minimum atomic E-state index is -0.331. The maximum absolute atomic E-state index is 12.2. The van der Waals surface area contributed by atoms with Gasteiger partial charge in [0.2, 0.25) is 0 Å². The third kappa shape index (κ3) is 5.73. The number of amides is 2. The predicted molar refractivity (Wildman–Crippen MR) is 86.9 cm³/mol. The van der Waals surface area contributed by atoms with E-state index in [1.54, 1.807) is 12.3 Å². The Balaban J connectivity index is 1.84. The molecule has 6 heteroatoms. The van der Waals surface area contributed by atoms with Gasteiger partial charge in [0.25, 0.3) is 0 Å². The van der Waals surface area contributed by atoms with E-state index in [0.29, 0.717) is 24.9 Å². The molecule has 3 atom stereocenters. The number of carbonyl (C=O) groups excluding carboxylic acids is 1. The number of aliphatic hydroxyl groups excluding tert-OH is 1. The van der Waals surface area contributed by atoms with Crippen molar-refractivity contribution in [1.29, 1.82) is 0 Å². The number of aliphatic hydroxyl groups is 1. The van der Waals surface area contributed by atoms with Gasteiger partial charge in [-0.3, -0.25) is 0 Å². The Morgan fingerprint density at radius 1 is 1.43 bits per heavy atom. The van der Waals surface area contributed by atoms with Gasteiger partial charge < -0.3 is 24.9 Å². The van der Waals surface area contributed by atoms with Gasteiger partial charge in [0.05, 0.1) is 12.9 Å². The lowest BCUT2D eigenvalue weighted by atomic mass is 10.1. The molecule has 6 nitrogen and oxygen atoms in total. The van der Waals surface area contributed by atoms with Gasteiger partial charge in [0.1, 0.15) is 11.8 Å². The van der Waals surface area contributed by atoms with E-state index in [2.05, 4.69) is 24.5 Å². The van der Waals surface area contributed by atoms with Crippen molar-refractivity contribution >= 4 is 6.03 Å². The average Bonchev–Trinajstić information content (AvgIpc) is 3.17. The van der Waals surface area contributed by atoms with Crippen LogP contribution in [0.1, 0.15) is 32.1 Å². The van der Waals surface area contributed by atoms with E-state index in [9.17, 15) is 4.79 Å². The van der Waals surface area contributed by atoms with Gasteiger partial charge in [-0.2, -0.15) is 0 Å². The zero-order valence-corrected chi connectivity index (χ0v) is 13.7. The molecule has 1 aromatic rings. The van der Waals surface area contributed by atoms with Crippen molar-refractivity contribution in [3.8, 4) is 0 Å². The molecule has 0 fully saturated rings. The lowest BCUT2D eigenvalue weighted by Gasteiger charge is -2.20. The average molecular weight is 322 g/mol. The number of urea groups is 1. The Hall–Kier alpha value is -1.79. The van der Waals surface area contributed by atoms with Crippen LogP contribution in [0.15, 0.2) is 35.0 Å². The number of rotatable bonds is 8. The third-order valence-electron chi connectivity index (χ3n) is 3.65. The largest absolute Gasteiger partial charge is 0.467 e. The normalized spacial score (nSPS) is 21.6. The van der Waals surface area contributed by atoms with E-state index in [0.717, 1.165) is 6.42 Å². The molecule has 0 saturated carbocycles. The van der Waals surface area contributed by atoms with Gasteiger partial charge in [-0.05, 0) is 24.5 Å². The number of ether oxygens (including phenoxy) is 1. The first-order valence-electron chi connectivity index (χ1n) is 8.05. The number of nitrogens with one attached hydrogen (secondary N) is 2. The van der Waals surface area contributed by atoms with Crippen LogP contribution in [0.25, 0.3) is 0 Å². The van der Waals surface area contributed by atoms with E-state index in [-0.39, 0.29) is 30.6 Å². The van der Waals surface area contributed by atoms with Gasteiger partial charge in [-0.15, -0.1) is 0 Å². The Morgan fingerprint density at radius 2 is 2.26 bits per heavy atom. The van der Waals surface area contributed by atoms with Crippen molar-refractivity contribution in [1.82, 2.24) is 10.6 Å². The Labute approximate surface area is 136 Å². The molecule has 128 valence electrons. The zero-order chi connectivity index (χ0) is 16.7. The van der Waals surface area contributed by atoms with Crippen molar-refractivity contribution < 1.29 is 19.1 Å². The highest BCUT2D eigenvalue weighted by Gasteiger charge is 2.22. The first-order chi connectivity index (χ1) is 11.1. The van der Waals surface area contributed by atoms with Crippen LogP contribution in [-0.4, -0.2) is 37.0 Å². The van der Waals surface area contributed by atoms with Crippen LogP contribution < -0.4 is 10.6 Å². The standard InChI is InChI=1S/C17H26N2O4/c1-12(2)10-22-11-15(16-4-3-7-23-16)19-17(21)18-14-6-5-13(8-14)9-20/h3-7,12-15,20H,8-11H2,1-2H3,(H2,18,19,21)/t13-,14+,15?/m0/s1. The molecule has 0 bridgehead atoms. The molecule has 1 aromatic heterocycles. The second kappa shape index (κ2) is 8.74. The van der Waals surface area contributed by atoms with E-state index in [1.807, 2.05) is 18.2 Å². The van der Waals surface area contributed by atoms with E-state index >= 15 is 0 Å². The van der Waals surface area contributed by atoms with Crippen molar-refractivity contribution in [3.05, 3.63) is 36.3 Å². The van der Waals surface area contributed by atoms with E-state index < -0.39 is 0 Å². The van der Waals surface area contributed by atoms with Crippen LogP contribution in [0.3, 0.4) is 0 Å². The van der Waals surface area contributed by atoms with Crippen molar-refractivity contribution in [2.45, 2.75) is 32.4 Å².